The molecule has 2 aromatic carbocycles. The molecule has 1 atom stereocenters. The maximum atomic E-state index is 13.2. The molecule has 0 saturated heterocycles. The number of rotatable bonds is 13. The molecule has 13 nitrogen and oxygen atoms in total. The van der Waals surface area contributed by atoms with Gasteiger partial charge in [-0.25, -0.2) is 14.4 Å². The van der Waals surface area contributed by atoms with E-state index in [0.717, 1.165) is 17.0 Å². The fraction of sp³-hybridized carbons (Fsp3) is 0.389. The molecule has 2 heterocycles. The van der Waals surface area contributed by atoms with Crippen LogP contribution in [0.5, 0.6) is 0 Å². The van der Waals surface area contributed by atoms with Crippen LogP contribution in [0.3, 0.4) is 0 Å². The SMILES string of the molecule is CCOC(=O)C1=C(C)N(CCCC(=O)NCCn2c(-c3ccccc3)cc(C(=O)OC(C)(C)C)c2C)C(=O)NC1c1ccc([N+](=O)[O-])cc1. The summed E-state index contributed by atoms with van der Waals surface area (Å²) in [5, 5.41) is 16.8. The Kier molecular flexibility index (Phi) is 11.6. The van der Waals surface area contributed by atoms with Gasteiger partial charge < -0.3 is 24.7 Å². The van der Waals surface area contributed by atoms with Gasteiger partial charge >= 0.3 is 18.0 Å². The van der Waals surface area contributed by atoms with Crippen LogP contribution in [-0.2, 0) is 25.6 Å². The van der Waals surface area contributed by atoms with E-state index in [9.17, 15) is 29.3 Å². The lowest BCUT2D eigenvalue weighted by atomic mass is 9.94. The van der Waals surface area contributed by atoms with Crippen molar-refractivity contribution in [3.05, 3.63) is 98.9 Å². The minimum atomic E-state index is -0.861. The molecule has 1 aliphatic rings. The van der Waals surface area contributed by atoms with Crippen molar-refractivity contribution in [1.29, 1.82) is 0 Å². The maximum absolute atomic E-state index is 13.2. The molecular formula is C36H43N5O8. The van der Waals surface area contributed by atoms with E-state index in [1.54, 1.807) is 13.8 Å². The number of esters is 2. The highest BCUT2D eigenvalue weighted by atomic mass is 16.6. The van der Waals surface area contributed by atoms with Crippen LogP contribution in [0.4, 0.5) is 10.5 Å². The second kappa shape index (κ2) is 15.6. The molecule has 0 saturated carbocycles. The van der Waals surface area contributed by atoms with Gasteiger partial charge in [-0.1, -0.05) is 30.3 Å². The quantitative estimate of drug-likeness (QED) is 0.130. The number of allylic oxidation sites excluding steroid dienone is 1. The molecular weight excluding hydrogens is 630 g/mol. The van der Waals surface area contributed by atoms with Gasteiger partial charge in [-0.15, -0.1) is 0 Å². The molecule has 0 bridgehead atoms. The van der Waals surface area contributed by atoms with Crippen LogP contribution in [0, 0.1) is 17.0 Å². The highest BCUT2D eigenvalue weighted by Gasteiger charge is 2.36. The number of urea groups is 1. The summed E-state index contributed by atoms with van der Waals surface area (Å²) in [7, 11) is 0. The zero-order valence-corrected chi connectivity index (χ0v) is 28.7. The van der Waals surface area contributed by atoms with E-state index >= 15 is 0 Å². The van der Waals surface area contributed by atoms with E-state index in [0.29, 0.717) is 36.3 Å². The Labute approximate surface area is 285 Å². The number of benzene rings is 2. The number of hydrogen-bond acceptors (Lipinski definition) is 8. The van der Waals surface area contributed by atoms with Crippen molar-refractivity contribution >= 4 is 29.6 Å². The third-order valence-corrected chi connectivity index (χ3v) is 8.03. The Morgan fingerprint density at radius 2 is 1.67 bits per heavy atom. The predicted octanol–water partition coefficient (Wildman–Crippen LogP) is 5.83. The van der Waals surface area contributed by atoms with Crippen LogP contribution in [0.2, 0.25) is 0 Å². The molecule has 0 aliphatic carbocycles. The predicted molar refractivity (Wildman–Crippen MR) is 182 cm³/mol. The lowest BCUT2D eigenvalue weighted by molar-refractivity contribution is -0.384. The van der Waals surface area contributed by atoms with E-state index in [1.165, 1.54) is 29.2 Å². The average Bonchev–Trinajstić information content (AvgIpc) is 3.38. The van der Waals surface area contributed by atoms with Crippen molar-refractivity contribution in [2.24, 2.45) is 0 Å². The Morgan fingerprint density at radius 3 is 2.29 bits per heavy atom. The number of ether oxygens (including phenoxy) is 2. The smallest absolute Gasteiger partial charge is 0.340 e. The number of amides is 3. The fourth-order valence-electron chi connectivity index (χ4n) is 5.68. The number of nitrogens with zero attached hydrogens (tertiary/aromatic N) is 3. The van der Waals surface area contributed by atoms with Crippen LogP contribution >= 0.6 is 0 Å². The minimum absolute atomic E-state index is 0.116. The number of nitro groups is 1. The van der Waals surface area contributed by atoms with E-state index in [-0.39, 0.29) is 36.7 Å². The van der Waals surface area contributed by atoms with E-state index < -0.39 is 34.5 Å². The highest BCUT2D eigenvalue weighted by Crippen LogP contribution is 2.32. The monoisotopic (exact) mass is 673 g/mol. The first kappa shape index (κ1) is 36.4. The zero-order valence-electron chi connectivity index (χ0n) is 28.7. The number of hydrogen-bond donors (Lipinski definition) is 2. The fourth-order valence-corrected chi connectivity index (χ4v) is 5.68. The average molecular weight is 674 g/mol. The van der Waals surface area contributed by atoms with Crippen LogP contribution in [0.25, 0.3) is 11.3 Å². The second-order valence-corrected chi connectivity index (χ2v) is 12.6. The zero-order chi connectivity index (χ0) is 35.9. The van der Waals surface area contributed by atoms with Crippen molar-refractivity contribution in [1.82, 2.24) is 20.1 Å². The molecule has 0 fully saturated rings. The van der Waals surface area contributed by atoms with Gasteiger partial charge in [-0.05, 0) is 77.3 Å². The molecule has 2 N–H and O–H groups in total. The maximum Gasteiger partial charge on any atom is 0.340 e. The van der Waals surface area contributed by atoms with Gasteiger partial charge in [-0.3, -0.25) is 19.8 Å². The van der Waals surface area contributed by atoms with E-state index in [4.69, 9.17) is 9.47 Å². The third-order valence-electron chi connectivity index (χ3n) is 8.03. The summed E-state index contributed by atoms with van der Waals surface area (Å²) in [6, 6.07) is 15.8. The molecule has 13 heteroatoms. The Bertz CT molecular complexity index is 1740. The summed E-state index contributed by atoms with van der Waals surface area (Å²) >= 11 is 0. The summed E-state index contributed by atoms with van der Waals surface area (Å²) in [5.74, 6) is -1.25. The summed E-state index contributed by atoms with van der Waals surface area (Å²) in [6.07, 6.45) is 0.437. The van der Waals surface area contributed by atoms with Crippen molar-refractivity contribution in [3.63, 3.8) is 0 Å². The highest BCUT2D eigenvalue weighted by molar-refractivity contribution is 5.95. The number of non-ortho nitro benzene ring substituents is 1. The molecule has 1 aromatic heterocycles. The number of carbonyl (C=O) groups is 4. The number of nitrogens with one attached hydrogen (secondary N) is 2. The first-order chi connectivity index (χ1) is 23.2. The van der Waals surface area contributed by atoms with Crippen LogP contribution in [0.15, 0.2) is 71.9 Å². The largest absolute Gasteiger partial charge is 0.463 e. The van der Waals surface area contributed by atoms with Gasteiger partial charge in [-0.2, -0.15) is 0 Å². The molecule has 0 radical (unpaired) electrons. The molecule has 49 heavy (non-hydrogen) atoms. The Morgan fingerprint density at radius 1 is 1.00 bits per heavy atom. The van der Waals surface area contributed by atoms with Crippen molar-refractivity contribution in [2.45, 2.75) is 72.6 Å². The van der Waals surface area contributed by atoms with Gasteiger partial charge in [0.1, 0.15) is 5.60 Å². The van der Waals surface area contributed by atoms with Gasteiger partial charge in [0.2, 0.25) is 5.91 Å². The Balaban J connectivity index is 1.41. The number of nitro benzene ring substituents is 1. The van der Waals surface area contributed by atoms with Crippen molar-refractivity contribution in [2.75, 3.05) is 19.7 Å². The number of aromatic nitrogens is 1. The molecule has 0 spiro atoms. The van der Waals surface area contributed by atoms with Gasteiger partial charge in [0.25, 0.3) is 5.69 Å². The van der Waals surface area contributed by atoms with Gasteiger partial charge in [0.05, 0.1) is 28.7 Å². The summed E-state index contributed by atoms with van der Waals surface area (Å²) < 4.78 is 12.9. The molecule has 1 unspecified atom stereocenters. The first-order valence-electron chi connectivity index (χ1n) is 16.2. The molecule has 1 aliphatic heterocycles. The minimum Gasteiger partial charge on any atom is -0.463 e. The lowest BCUT2D eigenvalue weighted by Gasteiger charge is -2.35. The van der Waals surface area contributed by atoms with Crippen LogP contribution in [-0.4, -0.2) is 63.6 Å². The topological polar surface area (TPSA) is 162 Å². The van der Waals surface area contributed by atoms with E-state index in [2.05, 4.69) is 10.6 Å². The molecule has 260 valence electrons. The summed E-state index contributed by atoms with van der Waals surface area (Å²) in [6.45, 7) is 11.6. The Hall–Kier alpha value is -5.46. The van der Waals surface area contributed by atoms with Crippen molar-refractivity contribution in [3.8, 4) is 11.3 Å². The molecule has 3 amide bonds. The molecule has 4 rings (SSSR count). The molecule has 3 aromatic rings. The lowest BCUT2D eigenvalue weighted by Crippen LogP contribution is -2.48. The normalized spacial score (nSPS) is 14.7. The first-order valence-corrected chi connectivity index (χ1v) is 16.2. The summed E-state index contributed by atoms with van der Waals surface area (Å²) in [4.78, 5) is 64.0. The standard InChI is InChI=1S/C36H43N5O8/c1-7-48-34(44)31-24(3)40(35(45)38-32(31)26-15-17-27(18-16-26)41(46)47)20-11-14-30(42)37-19-21-39-23(2)28(33(43)49-36(4,5)6)22-29(39)25-12-9-8-10-13-25/h8-10,12-13,15-18,22,32H,7,11,14,19-21H2,1-6H3,(H,37,42)(H,38,45). The van der Waals surface area contributed by atoms with Crippen LogP contribution in [0.1, 0.15) is 75.1 Å². The third kappa shape index (κ3) is 8.92. The van der Waals surface area contributed by atoms with Crippen LogP contribution < -0.4 is 10.6 Å². The van der Waals surface area contributed by atoms with Gasteiger partial charge in [0, 0.05) is 55.3 Å². The second-order valence-electron chi connectivity index (χ2n) is 12.6. The van der Waals surface area contributed by atoms with E-state index in [1.807, 2.05) is 68.7 Å². The van der Waals surface area contributed by atoms with Crippen molar-refractivity contribution < 1.29 is 33.6 Å². The van der Waals surface area contributed by atoms with Gasteiger partial charge in [0.15, 0.2) is 0 Å². The summed E-state index contributed by atoms with van der Waals surface area (Å²) in [5.41, 5.74) is 3.26. The number of carbonyl (C=O) groups excluding carboxylic acids is 4.